The van der Waals surface area contributed by atoms with Crippen LogP contribution in [-0.4, -0.2) is 23.0 Å². The van der Waals surface area contributed by atoms with Crippen LogP contribution < -0.4 is 15.8 Å². The number of carbonyl (C=O) groups excluding carboxylic acids is 1. The maximum Gasteiger partial charge on any atom is 0.257 e. The van der Waals surface area contributed by atoms with Crippen molar-refractivity contribution in [3.8, 4) is 11.6 Å². The lowest BCUT2D eigenvalue weighted by atomic mass is 9.91. The summed E-state index contributed by atoms with van der Waals surface area (Å²) in [5, 5.41) is 3.07. The second kappa shape index (κ2) is 7.24. The van der Waals surface area contributed by atoms with E-state index >= 15 is 0 Å². The SMILES string of the molecule is NC1CCC(NC(=O)c2cccnc2Oc2ccccc2)CC1. The van der Waals surface area contributed by atoms with E-state index in [0.717, 1.165) is 25.7 Å². The van der Waals surface area contributed by atoms with Crippen LogP contribution in [0, 0.1) is 0 Å². The Bertz CT molecular complexity index is 652. The third-order valence-corrected chi connectivity index (χ3v) is 4.08. The molecule has 3 N–H and O–H groups in total. The number of nitrogens with two attached hydrogens (primary N) is 1. The highest BCUT2D eigenvalue weighted by Gasteiger charge is 2.22. The molecule has 0 aliphatic heterocycles. The van der Waals surface area contributed by atoms with Gasteiger partial charge in [-0.15, -0.1) is 0 Å². The van der Waals surface area contributed by atoms with Crippen LogP contribution in [0.3, 0.4) is 0 Å². The molecule has 0 saturated heterocycles. The molecule has 5 nitrogen and oxygen atoms in total. The van der Waals surface area contributed by atoms with Crippen LogP contribution in [-0.2, 0) is 0 Å². The van der Waals surface area contributed by atoms with Crippen LogP contribution in [0.5, 0.6) is 11.6 Å². The van der Waals surface area contributed by atoms with E-state index in [1.54, 1.807) is 18.3 Å². The number of benzene rings is 1. The maximum atomic E-state index is 12.5. The summed E-state index contributed by atoms with van der Waals surface area (Å²) in [4.78, 5) is 16.7. The topological polar surface area (TPSA) is 77.2 Å². The molecule has 5 heteroatoms. The van der Waals surface area contributed by atoms with Crippen molar-refractivity contribution in [1.29, 1.82) is 0 Å². The highest BCUT2D eigenvalue weighted by Crippen LogP contribution is 2.23. The number of hydrogen-bond donors (Lipinski definition) is 2. The lowest BCUT2D eigenvalue weighted by Gasteiger charge is -2.26. The van der Waals surface area contributed by atoms with Gasteiger partial charge in [0.2, 0.25) is 5.88 Å². The summed E-state index contributed by atoms with van der Waals surface area (Å²) in [5.41, 5.74) is 6.36. The smallest absolute Gasteiger partial charge is 0.257 e. The van der Waals surface area contributed by atoms with Gasteiger partial charge in [-0.2, -0.15) is 0 Å². The number of pyridine rings is 1. The molecule has 0 spiro atoms. The standard InChI is InChI=1S/C18H21N3O2/c19-13-8-10-14(11-9-13)21-17(22)16-7-4-12-20-18(16)23-15-5-2-1-3-6-15/h1-7,12-14H,8-11,19H2,(H,21,22). The minimum Gasteiger partial charge on any atom is -0.438 e. The van der Waals surface area contributed by atoms with E-state index in [-0.39, 0.29) is 18.0 Å². The van der Waals surface area contributed by atoms with Crippen molar-refractivity contribution in [2.45, 2.75) is 37.8 Å². The van der Waals surface area contributed by atoms with Gasteiger partial charge in [-0.3, -0.25) is 4.79 Å². The molecule has 0 atom stereocenters. The molecular formula is C18H21N3O2. The fraction of sp³-hybridized carbons (Fsp3) is 0.333. The summed E-state index contributed by atoms with van der Waals surface area (Å²) in [6.07, 6.45) is 5.36. The minimum atomic E-state index is -0.149. The van der Waals surface area contributed by atoms with E-state index in [1.165, 1.54) is 0 Å². The molecule has 1 aliphatic carbocycles. The van der Waals surface area contributed by atoms with Gasteiger partial charge in [0.25, 0.3) is 5.91 Å². The van der Waals surface area contributed by atoms with E-state index in [2.05, 4.69) is 10.3 Å². The zero-order valence-electron chi connectivity index (χ0n) is 12.9. The third kappa shape index (κ3) is 4.07. The van der Waals surface area contributed by atoms with Crippen LogP contribution in [0.15, 0.2) is 48.7 Å². The normalized spacial score (nSPS) is 20.7. The van der Waals surface area contributed by atoms with E-state index in [0.29, 0.717) is 17.2 Å². The average Bonchev–Trinajstić information content (AvgIpc) is 2.58. The summed E-state index contributed by atoms with van der Waals surface area (Å²) in [7, 11) is 0. The van der Waals surface area contributed by atoms with Crippen molar-refractivity contribution in [3.63, 3.8) is 0 Å². The molecule has 1 aromatic carbocycles. The number of carbonyl (C=O) groups is 1. The van der Waals surface area contributed by atoms with Crippen LogP contribution in [0.4, 0.5) is 0 Å². The first-order chi connectivity index (χ1) is 11.2. The Morgan fingerprint density at radius 2 is 1.83 bits per heavy atom. The van der Waals surface area contributed by atoms with Gasteiger partial charge in [0.05, 0.1) is 0 Å². The molecule has 1 amide bonds. The van der Waals surface area contributed by atoms with Crippen molar-refractivity contribution in [3.05, 3.63) is 54.2 Å². The number of nitrogens with zero attached hydrogens (tertiary/aromatic N) is 1. The summed E-state index contributed by atoms with van der Waals surface area (Å²) in [5.74, 6) is 0.831. The van der Waals surface area contributed by atoms with Crippen molar-refractivity contribution < 1.29 is 9.53 Å². The average molecular weight is 311 g/mol. The lowest BCUT2D eigenvalue weighted by Crippen LogP contribution is -2.40. The first-order valence-electron chi connectivity index (χ1n) is 7.97. The van der Waals surface area contributed by atoms with Crippen LogP contribution >= 0.6 is 0 Å². The number of nitrogens with one attached hydrogen (secondary N) is 1. The van der Waals surface area contributed by atoms with Crippen LogP contribution in [0.1, 0.15) is 36.0 Å². The fourth-order valence-electron chi connectivity index (χ4n) is 2.77. The molecule has 1 aliphatic rings. The quantitative estimate of drug-likeness (QED) is 0.910. The van der Waals surface area contributed by atoms with Gasteiger partial charge >= 0.3 is 0 Å². The van der Waals surface area contributed by atoms with E-state index in [1.807, 2.05) is 30.3 Å². The van der Waals surface area contributed by atoms with Gasteiger partial charge < -0.3 is 15.8 Å². The van der Waals surface area contributed by atoms with Crippen LogP contribution in [0.25, 0.3) is 0 Å². The van der Waals surface area contributed by atoms with Crippen LogP contribution in [0.2, 0.25) is 0 Å². The fourth-order valence-corrected chi connectivity index (χ4v) is 2.77. The Labute approximate surface area is 135 Å². The number of hydrogen-bond acceptors (Lipinski definition) is 4. The first-order valence-corrected chi connectivity index (χ1v) is 7.97. The molecule has 3 rings (SSSR count). The number of aromatic nitrogens is 1. The van der Waals surface area contributed by atoms with Crippen molar-refractivity contribution in [2.75, 3.05) is 0 Å². The molecule has 120 valence electrons. The second-order valence-electron chi connectivity index (χ2n) is 5.86. The van der Waals surface area contributed by atoms with Gasteiger partial charge in [-0.25, -0.2) is 4.98 Å². The van der Waals surface area contributed by atoms with Gasteiger partial charge in [0, 0.05) is 18.3 Å². The van der Waals surface area contributed by atoms with E-state index < -0.39 is 0 Å². The van der Waals surface area contributed by atoms with E-state index in [9.17, 15) is 4.79 Å². The molecule has 1 fully saturated rings. The Hall–Kier alpha value is -2.40. The van der Waals surface area contributed by atoms with Gasteiger partial charge in [0.15, 0.2) is 0 Å². The Morgan fingerprint density at radius 3 is 2.57 bits per heavy atom. The molecule has 23 heavy (non-hydrogen) atoms. The molecule has 1 aromatic heterocycles. The maximum absolute atomic E-state index is 12.5. The van der Waals surface area contributed by atoms with Gasteiger partial charge in [-0.05, 0) is 49.9 Å². The molecular weight excluding hydrogens is 290 g/mol. The molecule has 0 radical (unpaired) electrons. The van der Waals surface area contributed by atoms with Crippen molar-refractivity contribution in [1.82, 2.24) is 10.3 Å². The minimum absolute atomic E-state index is 0.149. The number of para-hydroxylation sites is 1. The monoisotopic (exact) mass is 311 g/mol. The largest absolute Gasteiger partial charge is 0.438 e. The Balaban J connectivity index is 1.70. The second-order valence-corrected chi connectivity index (χ2v) is 5.86. The molecule has 0 unspecified atom stereocenters. The summed E-state index contributed by atoms with van der Waals surface area (Å²) >= 11 is 0. The summed E-state index contributed by atoms with van der Waals surface area (Å²) in [6.45, 7) is 0. The zero-order chi connectivity index (χ0) is 16.1. The lowest BCUT2D eigenvalue weighted by molar-refractivity contribution is 0.0923. The Kier molecular flexibility index (Phi) is 4.88. The van der Waals surface area contributed by atoms with Gasteiger partial charge in [-0.1, -0.05) is 18.2 Å². The predicted octanol–water partition coefficient (Wildman–Crippen LogP) is 2.87. The molecule has 2 aromatic rings. The molecule has 1 heterocycles. The summed E-state index contributed by atoms with van der Waals surface area (Å²) in [6, 6.07) is 13.2. The number of ether oxygens (including phenoxy) is 1. The van der Waals surface area contributed by atoms with E-state index in [4.69, 9.17) is 10.5 Å². The van der Waals surface area contributed by atoms with Gasteiger partial charge in [0.1, 0.15) is 11.3 Å². The Morgan fingerprint density at radius 1 is 1.09 bits per heavy atom. The molecule has 1 saturated carbocycles. The number of rotatable bonds is 4. The summed E-state index contributed by atoms with van der Waals surface area (Å²) < 4.78 is 5.74. The third-order valence-electron chi connectivity index (χ3n) is 4.08. The zero-order valence-corrected chi connectivity index (χ0v) is 12.9. The van der Waals surface area contributed by atoms with Crippen molar-refractivity contribution >= 4 is 5.91 Å². The number of amides is 1. The molecule has 0 bridgehead atoms. The predicted molar refractivity (Wildman–Crippen MR) is 88.5 cm³/mol. The van der Waals surface area contributed by atoms with Crippen molar-refractivity contribution in [2.24, 2.45) is 5.73 Å². The first kappa shape index (κ1) is 15.5. The highest BCUT2D eigenvalue weighted by molar-refractivity contribution is 5.96. The highest BCUT2D eigenvalue weighted by atomic mass is 16.5.